The molecule has 0 aliphatic carbocycles. The van der Waals surface area contributed by atoms with Gasteiger partial charge in [0.2, 0.25) is 0 Å². The van der Waals surface area contributed by atoms with Gasteiger partial charge in [0.1, 0.15) is 17.4 Å². The second-order valence-corrected chi connectivity index (χ2v) is 6.03. The predicted molar refractivity (Wildman–Crippen MR) is 86.8 cm³/mol. The second kappa shape index (κ2) is 5.34. The van der Waals surface area contributed by atoms with Crippen molar-refractivity contribution in [1.29, 1.82) is 0 Å². The third-order valence-corrected chi connectivity index (χ3v) is 4.46. The van der Waals surface area contributed by atoms with Crippen LogP contribution in [0.2, 0.25) is 0 Å². The number of para-hydroxylation sites is 1. The van der Waals surface area contributed by atoms with E-state index in [4.69, 9.17) is 0 Å². The van der Waals surface area contributed by atoms with Gasteiger partial charge in [0.05, 0.1) is 17.2 Å². The number of pyridine rings is 1. The average molecular weight is 296 g/mol. The van der Waals surface area contributed by atoms with Crippen molar-refractivity contribution in [2.75, 3.05) is 13.1 Å². The molecule has 2 aromatic heterocycles. The first kappa shape index (κ1) is 13.7. The average Bonchev–Trinajstić information content (AvgIpc) is 2.96. The number of fused-ring (bicyclic) bond motifs is 3. The molecule has 4 rings (SSSR count). The summed E-state index contributed by atoms with van der Waals surface area (Å²) in [5, 5.41) is 14.7. The minimum absolute atomic E-state index is 0.328. The van der Waals surface area contributed by atoms with Gasteiger partial charge in [-0.2, -0.15) is 0 Å². The van der Waals surface area contributed by atoms with Crippen LogP contribution < -0.4 is 5.32 Å². The summed E-state index contributed by atoms with van der Waals surface area (Å²) in [6.45, 7) is 3.76. The molecule has 0 radical (unpaired) electrons. The van der Waals surface area contributed by atoms with Crippen molar-refractivity contribution < 1.29 is 5.11 Å². The van der Waals surface area contributed by atoms with Crippen molar-refractivity contribution in [3.63, 3.8) is 0 Å². The van der Waals surface area contributed by atoms with Gasteiger partial charge in [-0.05, 0) is 32.4 Å². The molecule has 5 heteroatoms. The summed E-state index contributed by atoms with van der Waals surface area (Å²) in [6.07, 6.45) is 3.48. The molecular formula is C17H20N4O. The standard InChI is InChI=1S/C17H20N4O/c1-11(22)17-20-15-10-19-14-7-3-2-6-13(14)16(15)21(17)12-5-4-8-18-9-12/h2-3,6-7,10-12,18,22H,4-5,8-9H2,1H3. The summed E-state index contributed by atoms with van der Waals surface area (Å²) >= 11 is 0. The molecule has 1 aliphatic heterocycles. The number of benzene rings is 1. The van der Waals surface area contributed by atoms with Crippen LogP contribution in [0, 0.1) is 0 Å². The van der Waals surface area contributed by atoms with E-state index < -0.39 is 6.10 Å². The van der Waals surface area contributed by atoms with Crippen LogP contribution in [0.5, 0.6) is 0 Å². The van der Waals surface area contributed by atoms with Gasteiger partial charge in [-0.15, -0.1) is 0 Å². The Morgan fingerprint density at radius 2 is 2.18 bits per heavy atom. The van der Waals surface area contributed by atoms with E-state index in [1.54, 1.807) is 6.92 Å². The highest BCUT2D eigenvalue weighted by Crippen LogP contribution is 2.32. The molecule has 0 saturated carbocycles. The molecule has 0 spiro atoms. The Balaban J connectivity index is 2.04. The number of piperidine rings is 1. The minimum atomic E-state index is -0.590. The van der Waals surface area contributed by atoms with Crippen molar-refractivity contribution in [3.05, 3.63) is 36.3 Å². The molecule has 1 fully saturated rings. The highest BCUT2D eigenvalue weighted by molar-refractivity contribution is 6.02. The quantitative estimate of drug-likeness (QED) is 0.763. The maximum Gasteiger partial charge on any atom is 0.138 e. The highest BCUT2D eigenvalue weighted by atomic mass is 16.3. The Morgan fingerprint density at radius 1 is 1.32 bits per heavy atom. The molecule has 1 aliphatic rings. The molecule has 1 aromatic carbocycles. The SMILES string of the molecule is CC(O)c1nc2cnc3ccccc3c2n1C1CCCNC1. The molecule has 22 heavy (non-hydrogen) atoms. The predicted octanol–water partition coefficient (Wildman–Crippen LogP) is 2.56. The number of hydrogen-bond donors (Lipinski definition) is 2. The molecule has 3 heterocycles. The van der Waals surface area contributed by atoms with Crippen molar-refractivity contribution in [2.45, 2.75) is 31.9 Å². The number of aromatic nitrogens is 3. The van der Waals surface area contributed by atoms with Crippen LogP contribution in [-0.4, -0.2) is 32.7 Å². The van der Waals surface area contributed by atoms with Gasteiger partial charge in [0.25, 0.3) is 0 Å². The van der Waals surface area contributed by atoms with Gasteiger partial charge >= 0.3 is 0 Å². The van der Waals surface area contributed by atoms with Crippen LogP contribution >= 0.6 is 0 Å². The van der Waals surface area contributed by atoms with Crippen LogP contribution in [0.15, 0.2) is 30.5 Å². The zero-order valence-corrected chi connectivity index (χ0v) is 12.7. The van der Waals surface area contributed by atoms with Crippen LogP contribution in [-0.2, 0) is 0 Å². The Labute approximate surface area is 129 Å². The zero-order chi connectivity index (χ0) is 15.1. The summed E-state index contributed by atoms with van der Waals surface area (Å²) in [5.74, 6) is 0.738. The van der Waals surface area contributed by atoms with E-state index in [1.165, 1.54) is 0 Å². The third-order valence-electron chi connectivity index (χ3n) is 4.46. The fraction of sp³-hybridized carbons (Fsp3) is 0.412. The van der Waals surface area contributed by atoms with Crippen molar-refractivity contribution in [3.8, 4) is 0 Å². The number of hydrogen-bond acceptors (Lipinski definition) is 4. The second-order valence-electron chi connectivity index (χ2n) is 6.03. The van der Waals surface area contributed by atoms with Crippen molar-refractivity contribution >= 4 is 21.9 Å². The molecule has 0 bridgehead atoms. The topological polar surface area (TPSA) is 63.0 Å². The summed E-state index contributed by atoms with van der Waals surface area (Å²) in [4.78, 5) is 9.16. The maximum absolute atomic E-state index is 10.2. The lowest BCUT2D eigenvalue weighted by molar-refractivity contribution is 0.179. The van der Waals surface area contributed by atoms with Crippen LogP contribution in [0.1, 0.15) is 37.7 Å². The fourth-order valence-corrected chi connectivity index (χ4v) is 3.46. The largest absolute Gasteiger partial charge is 0.385 e. The molecule has 3 aromatic rings. The number of nitrogens with one attached hydrogen (secondary N) is 1. The van der Waals surface area contributed by atoms with E-state index in [-0.39, 0.29) is 0 Å². The van der Waals surface area contributed by atoms with Crippen LogP contribution in [0.25, 0.3) is 21.9 Å². The van der Waals surface area contributed by atoms with Crippen molar-refractivity contribution in [1.82, 2.24) is 19.9 Å². The lowest BCUT2D eigenvalue weighted by Gasteiger charge is -2.27. The van der Waals surface area contributed by atoms with E-state index in [0.717, 1.165) is 53.7 Å². The van der Waals surface area contributed by atoms with E-state index in [0.29, 0.717) is 6.04 Å². The molecule has 2 N–H and O–H groups in total. The van der Waals surface area contributed by atoms with E-state index in [9.17, 15) is 5.11 Å². The van der Waals surface area contributed by atoms with Gasteiger partial charge in [0, 0.05) is 18.0 Å². The Hall–Kier alpha value is -1.98. The first-order chi connectivity index (χ1) is 10.8. The highest BCUT2D eigenvalue weighted by Gasteiger charge is 2.24. The lowest BCUT2D eigenvalue weighted by Crippen LogP contribution is -2.32. The number of rotatable bonds is 2. The molecule has 2 atom stereocenters. The van der Waals surface area contributed by atoms with Crippen molar-refractivity contribution in [2.24, 2.45) is 0 Å². The lowest BCUT2D eigenvalue weighted by atomic mass is 10.1. The van der Waals surface area contributed by atoms with Gasteiger partial charge in [-0.25, -0.2) is 4.98 Å². The molecule has 0 amide bonds. The molecular weight excluding hydrogens is 276 g/mol. The van der Waals surface area contributed by atoms with E-state index in [1.807, 2.05) is 24.4 Å². The molecule has 114 valence electrons. The number of aliphatic hydroxyl groups is 1. The zero-order valence-electron chi connectivity index (χ0n) is 12.7. The Kier molecular flexibility index (Phi) is 3.32. The van der Waals surface area contributed by atoms with Gasteiger partial charge in [0.15, 0.2) is 0 Å². The molecule has 1 saturated heterocycles. The summed E-state index contributed by atoms with van der Waals surface area (Å²) < 4.78 is 2.23. The number of imidazole rings is 1. The fourth-order valence-electron chi connectivity index (χ4n) is 3.46. The molecule has 2 unspecified atom stereocenters. The Morgan fingerprint density at radius 3 is 2.95 bits per heavy atom. The summed E-state index contributed by atoms with van der Waals surface area (Å²) in [7, 11) is 0. The van der Waals surface area contributed by atoms with Gasteiger partial charge in [-0.1, -0.05) is 18.2 Å². The number of aliphatic hydroxyl groups excluding tert-OH is 1. The minimum Gasteiger partial charge on any atom is -0.385 e. The monoisotopic (exact) mass is 296 g/mol. The first-order valence-corrected chi connectivity index (χ1v) is 7.90. The van der Waals surface area contributed by atoms with Gasteiger partial charge in [-0.3, -0.25) is 4.98 Å². The smallest absolute Gasteiger partial charge is 0.138 e. The maximum atomic E-state index is 10.2. The molecule has 5 nitrogen and oxygen atoms in total. The van der Waals surface area contributed by atoms with Gasteiger partial charge < -0.3 is 15.0 Å². The summed E-state index contributed by atoms with van der Waals surface area (Å²) in [5.41, 5.74) is 2.92. The normalized spacial score (nSPS) is 20.5. The Bertz CT molecular complexity index is 818. The third kappa shape index (κ3) is 2.09. The number of nitrogens with zero attached hydrogens (tertiary/aromatic N) is 3. The van der Waals surface area contributed by atoms with Crippen LogP contribution in [0.4, 0.5) is 0 Å². The first-order valence-electron chi connectivity index (χ1n) is 7.90. The van der Waals surface area contributed by atoms with E-state index in [2.05, 4.69) is 25.9 Å². The van der Waals surface area contributed by atoms with E-state index >= 15 is 0 Å². The van der Waals surface area contributed by atoms with Crippen LogP contribution in [0.3, 0.4) is 0 Å². The summed E-state index contributed by atoms with van der Waals surface area (Å²) in [6, 6.07) is 8.47.